The molecular formula is C21H26N4O3. The lowest BCUT2D eigenvalue weighted by Crippen LogP contribution is -2.46. The third-order valence-corrected chi connectivity index (χ3v) is 5.11. The van der Waals surface area contributed by atoms with Gasteiger partial charge in [0.05, 0.1) is 0 Å². The summed E-state index contributed by atoms with van der Waals surface area (Å²) in [6.07, 6.45) is 6.07. The lowest BCUT2D eigenvalue weighted by Gasteiger charge is -2.32. The van der Waals surface area contributed by atoms with Crippen molar-refractivity contribution >= 4 is 11.9 Å². The van der Waals surface area contributed by atoms with Gasteiger partial charge >= 0.3 is 0 Å². The van der Waals surface area contributed by atoms with Gasteiger partial charge in [0.25, 0.3) is 5.91 Å². The zero-order valence-corrected chi connectivity index (χ0v) is 16.4. The van der Waals surface area contributed by atoms with Crippen LogP contribution in [0.25, 0.3) is 0 Å². The van der Waals surface area contributed by atoms with Gasteiger partial charge in [0.2, 0.25) is 5.95 Å². The molecule has 3 heterocycles. The summed E-state index contributed by atoms with van der Waals surface area (Å²) in [5.74, 6) is 2.03. The lowest BCUT2D eigenvalue weighted by atomic mass is 10.0. The second-order valence-corrected chi connectivity index (χ2v) is 7.95. The number of rotatable bonds is 5. The fraction of sp³-hybridized carbons (Fsp3) is 0.476. The van der Waals surface area contributed by atoms with Crippen molar-refractivity contribution in [1.29, 1.82) is 0 Å². The van der Waals surface area contributed by atoms with E-state index in [-0.39, 0.29) is 24.2 Å². The number of amides is 1. The average molecular weight is 382 g/mol. The number of para-hydroxylation sites is 1. The minimum atomic E-state index is -0.236. The molecule has 0 atom stereocenters. The molecular weight excluding hydrogens is 356 g/mol. The quantitative estimate of drug-likeness (QED) is 0.856. The largest absolute Gasteiger partial charge is 0.483 e. The van der Waals surface area contributed by atoms with E-state index in [1.54, 1.807) is 12.4 Å². The van der Waals surface area contributed by atoms with Gasteiger partial charge in [-0.2, -0.15) is 0 Å². The topological polar surface area (TPSA) is 76.6 Å². The average Bonchev–Trinajstić information content (AvgIpc) is 3.02. The maximum absolute atomic E-state index is 12.3. The Labute approximate surface area is 165 Å². The first-order valence-corrected chi connectivity index (χ1v) is 9.75. The molecule has 0 bridgehead atoms. The third-order valence-electron chi connectivity index (χ3n) is 5.11. The van der Waals surface area contributed by atoms with E-state index < -0.39 is 0 Å². The predicted molar refractivity (Wildman–Crippen MR) is 106 cm³/mol. The zero-order chi connectivity index (χ0) is 19.6. The van der Waals surface area contributed by atoms with Crippen molar-refractivity contribution in [2.75, 3.05) is 24.6 Å². The van der Waals surface area contributed by atoms with Crippen LogP contribution in [0, 0.1) is 0 Å². The molecule has 0 spiro atoms. The molecule has 2 aromatic rings. The molecule has 2 aliphatic rings. The number of benzene rings is 1. The Bertz CT molecular complexity index is 833. The Morgan fingerprint density at radius 3 is 2.75 bits per heavy atom. The van der Waals surface area contributed by atoms with Crippen LogP contribution in [0.5, 0.6) is 11.5 Å². The second kappa shape index (κ2) is 7.66. The molecule has 0 saturated carbocycles. The first-order valence-electron chi connectivity index (χ1n) is 9.75. The van der Waals surface area contributed by atoms with Gasteiger partial charge in [0.15, 0.2) is 18.1 Å². The monoisotopic (exact) mass is 382 g/mol. The van der Waals surface area contributed by atoms with Crippen LogP contribution in [0.4, 0.5) is 5.95 Å². The number of nitrogens with one attached hydrogen (secondary N) is 1. The van der Waals surface area contributed by atoms with Gasteiger partial charge in [0.1, 0.15) is 5.60 Å². The van der Waals surface area contributed by atoms with Gasteiger partial charge in [-0.1, -0.05) is 12.1 Å². The molecule has 1 aromatic carbocycles. The third kappa shape index (κ3) is 4.18. The number of carbonyl (C=O) groups excluding carboxylic acids is 1. The highest BCUT2D eigenvalue weighted by Gasteiger charge is 2.32. The Balaban J connectivity index is 1.26. The number of ether oxygens (including phenoxy) is 2. The summed E-state index contributed by atoms with van der Waals surface area (Å²) in [7, 11) is 0. The number of hydrogen-bond donors (Lipinski definition) is 1. The predicted octanol–water partition coefficient (Wildman–Crippen LogP) is 2.35. The van der Waals surface area contributed by atoms with Crippen molar-refractivity contribution < 1.29 is 14.3 Å². The number of nitrogens with zero attached hydrogens (tertiary/aromatic N) is 3. The first kappa shape index (κ1) is 18.5. The van der Waals surface area contributed by atoms with E-state index in [9.17, 15) is 4.79 Å². The molecule has 4 rings (SSSR count). The molecule has 2 aliphatic heterocycles. The summed E-state index contributed by atoms with van der Waals surface area (Å²) in [4.78, 5) is 23.1. The van der Waals surface area contributed by atoms with Crippen LogP contribution < -0.4 is 19.7 Å². The molecule has 1 amide bonds. The normalized spacial score (nSPS) is 18.3. The summed E-state index contributed by atoms with van der Waals surface area (Å²) in [5, 5.41) is 3.07. The Hall–Kier alpha value is -2.83. The van der Waals surface area contributed by atoms with E-state index >= 15 is 0 Å². The Kier molecular flexibility index (Phi) is 5.07. The van der Waals surface area contributed by atoms with Gasteiger partial charge in [-0.3, -0.25) is 4.79 Å². The molecule has 1 aromatic heterocycles. The van der Waals surface area contributed by atoms with Crippen molar-refractivity contribution in [3.63, 3.8) is 0 Å². The van der Waals surface area contributed by atoms with E-state index in [2.05, 4.69) is 34.0 Å². The molecule has 7 nitrogen and oxygen atoms in total. The summed E-state index contributed by atoms with van der Waals surface area (Å²) in [5.41, 5.74) is 0.888. The summed E-state index contributed by atoms with van der Waals surface area (Å²) >= 11 is 0. The Morgan fingerprint density at radius 1 is 1.25 bits per heavy atom. The van der Waals surface area contributed by atoms with Crippen LogP contribution in [-0.2, 0) is 11.2 Å². The van der Waals surface area contributed by atoms with Crippen molar-refractivity contribution in [3.8, 4) is 11.5 Å². The number of fused-ring (bicyclic) bond motifs is 1. The standard InChI is InChI=1S/C21H26N4O3/c1-21(2)13-15-5-3-6-17(19(15)28-21)27-14-18(26)24-16-7-11-25(12-8-16)20-22-9-4-10-23-20/h3-6,9-10,16H,7-8,11-14H2,1-2H3,(H,24,26). The molecule has 1 fully saturated rings. The molecule has 1 saturated heterocycles. The number of piperidine rings is 1. The van der Waals surface area contributed by atoms with Crippen LogP contribution in [0.15, 0.2) is 36.7 Å². The highest BCUT2D eigenvalue weighted by atomic mass is 16.5. The number of hydrogen-bond acceptors (Lipinski definition) is 6. The van der Waals surface area contributed by atoms with Crippen molar-refractivity contribution in [1.82, 2.24) is 15.3 Å². The maximum atomic E-state index is 12.3. The van der Waals surface area contributed by atoms with E-state index in [1.165, 1.54) is 0 Å². The molecule has 0 unspecified atom stereocenters. The molecule has 1 N–H and O–H groups in total. The van der Waals surface area contributed by atoms with Crippen molar-refractivity contribution in [2.45, 2.75) is 44.8 Å². The van der Waals surface area contributed by atoms with Crippen molar-refractivity contribution in [3.05, 3.63) is 42.2 Å². The minimum Gasteiger partial charge on any atom is -0.483 e. The van der Waals surface area contributed by atoms with Crippen LogP contribution in [0.3, 0.4) is 0 Å². The highest BCUT2D eigenvalue weighted by molar-refractivity contribution is 5.78. The van der Waals surface area contributed by atoms with E-state index in [1.807, 2.05) is 24.3 Å². The van der Waals surface area contributed by atoms with Crippen molar-refractivity contribution in [2.24, 2.45) is 0 Å². The second-order valence-electron chi connectivity index (χ2n) is 7.95. The summed E-state index contributed by atoms with van der Waals surface area (Å²) in [6.45, 7) is 5.74. The molecule has 0 radical (unpaired) electrons. The highest BCUT2D eigenvalue weighted by Crippen LogP contribution is 2.41. The smallest absolute Gasteiger partial charge is 0.258 e. The van der Waals surface area contributed by atoms with Gasteiger partial charge in [0, 0.05) is 43.5 Å². The van der Waals surface area contributed by atoms with E-state index in [0.717, 1.165) is 49.6 Å². The van der Waals surface area contributed by atoms with Gasteiger partial charge < -0.3 is 19.7 Å². The van der Waals surface area contributed by atoms with Crippen LogP contribution in [0.2, 0.25) is 0 Å². The first-order chi connectivity index (χ1) is 13.5. The van der Waals surface area contributed by atoms with Crippen LogP contribution in [0.1, 0.15) is 32.3 Å². The fourth-order valence-corrected chi connectivity index (χ4v) is 3.79. The number of aromatic nitrogens is 2. The molecule has 148 valence electrons. The molecule has 7 heteroatoms. The van der Waals surface area contributed by atoms with E-state index in [4.69, 9.17) is 9.47 Å². The van der Waals surface area contributed by atoms with Crippen LogP contribution >= 0.6 is 0 Å². The van der Waals surface area contributed by atoms with Gasteiger partial charge in [-0.05, 0) is 38.8 Å². The SMILES string of the molecule is CC1(C)Cc2cccc(OCC(=O)NC3CCN(c4ncccn4)CC3)c2O1. The van der Waals surface area contributed by atoms with Crippen LogP contribution in [-0.4, -0.2) is 47.2 Å². The summed E-state index contributed by atoms with van der Waals surface area (Å²) < 4.78 is 11.8. The number of anilines is 1. The molecule has 28 heavy (non-hydrogen) atoms. The minimum absolute atomic E-state index is 0.0117. The molecule has 0 aliphatic carbocycles. The zero-order valence-electron chi connectivity index (χ0n) is 16.4. The van der Waals surface area contributed by atoms with E-state index in [0.29, 0.717) is 5.75 Å². The number of carbonyl (C=O) groups is 1. The lowest BCUT2D eigenvalue weighted by molar-refractivity contribution is -0.123. The fourth-order valence-electron chi connectivity index (χ4n) is 3.79. The van der Waals surface area contributed by atoms with Gasteiger partial charge in [-0.25, -0.2) is 9.97 Å². The van der Waals surface area contributed by atoms with Gasteiger partial charge in [-0.15, -0.1) is 0 Å². The maximum Gasteiger partial charge on any atom is 0.258 e. The Morgan fingerprint density at radius 2 is 2.00 bits per heavy atom. The summed E-state index contributed by atoms with van der Waals surface area (Å²) in [6, 6.07) is 7.79.